The molecule has 2 N–H and O–H groups in total. The molecule has 0 bridgehead atoms. The van der Waals surface area contributed by atoms with Gasteiger partial charge in [0, 0.05) is 18.0 Å². The average Bonchev–Trinajstić information content (AvgIpc) is 2.83. The van der Waals surface area contributed by atoms with Crippen molar-refractivity contribution in [1.29, 1.82) is 0 Å². The van der Waals surface area contributed by atoms with Crippen LogP contribution in [0.1, 0.15) is 30.4 Å². The third-order valence-electron chi connectivity index (χ3n) is 2.92. The Balaban J connectivity index is 2.61. The summed E-state index contributed by atoms with van der Waals surface area (Å²) in [6.07, 6.45) is 2.45. The van der Waals surface area contributed by atoms with Crippen LogP contribution >= 0.6 is 0 Å². The van der Waals surface area contributed by atoms with Gasteiger partial charge in [0.1, 0.15) is 5.69 Å². The first kappa shape index (κ1) is 13.2. The Hall–Kier alpha value is -2.28. The van der Waals surface area contributed by atoms with Crippen molar-refractivity contribution in [3.05, 3.63) is 30.2 Å². The summed E-state index contributed by atoms with van der Waals surface area (Å²) in [5.74, 6) is -1.16. The van der Waals surface area contributed by atoms with Crippen LogP contribution in [0.4, 0.5) is 0 Å². The maximum absolute atomic E-state index is 11.2. The number of nitrogens with zero attached hydrogens (tertiary/aromatic N) is 4. The van der Waals surface area contributed by atoms with Crippen LogP contribution < -0.4 is 0 Å². The highest BCUT2D eigenvalue weighted by molar-refractivity contribution is 5.92. The lowest BCUT2D eigenvalue weighted by Crippen LogP contribution is -2.20. The second-order valence-electron chi connectivity index (χ2n) is 4.26. The summed E-state index contributed by atoms with van der Waals surface area (Å²) in [5.41, 5.74) is 0.784. The molecule has 0 amide bonds. The number of aromatic carboxylic acids is 1. The molecule has 19 heavy (non-hydrogen) atoms. The van der Waals surface area contributed by atoms with Crippen molar-refractivity contribution < 1.29 is 15.0 Å². The lowest BCUT2D eigenvalue weighted by atomic mass is 10.1. The third kappa shape index (κ3) is 2.45. The van der Waals surface area contributed by atoms with E-state index >= 15 is 0 Å². The second-order valence-corrected chi connectivity index (χ2v) is 4.26. The molecule has 0 aliphatic rings. The Kier molecular flexibility index (Phi) is 3.57. The highest BCUT2D eigenvalue weighted by atomic mass is 16.4. The van der Waals surface area contributed by atoms with E-state index in [0.29, 0.717) is 11.3 Å². The van der Waals surface area contributed by atoms with Gasteiger partial charge in [0.05, 0.1) is 12.1 Å². The Bertz CT molecular complexity index is 580. The fourth-order valence-electron chi connectivity index (χ4n) is 1.70. The van der Waals surface area contributed by atoms with E-state index in [2.05, 4.69) is 15.3 Å². The Morgan fingerprint density at radius 2 is 2.16 bits per heavy atom. The minimum atomic E-state index is -1.16. The highest BCUT2D eigenvalue weighted by Gasteiger charge is 2.25. The first-order chi connectivity index (χ1) is 9.02. The van der Waals surface area contributed by atoms with E-state index in [4.69, 9.17) is 5.11 Å². The van der Waals surface area contributed by atoms with Gasteiger partial charge in [-0.05, 0) is 26.0 Å². The van der Waals surface area contributed by atoms with Gasteiger partial charge < -0.3 is 10.2 Å². The number of hydrogen-bond donors (Lipinski definition) is 2. The predicted molar refractivity (Wildman–Crippen MR) is 66.6 cm³/mol. The van der Waals surface area contributed by atoms with Crippen molar-refractivity contribution >= 4 is 5.97 Å². The van der Waals surface area contributed by atoms with Crippen LogP contribution in [0.5, 0.6) is 0 Å². The molecular weight excluding hydrogens is 248 g/mol. The number of hydrogen-bond acceptors (Lipinski definition) is 5. The van der Waals surface area contributed by atoms with Crippen LogP contribution in [0, 0.1) is 0 Å². The van der Waals surface area contributed by atoms with E-state index in [9.17, 15) is 9.90 Å². The first-order valence-electron chi connectivity index (χ1n) is 5.79. The fourth-order valence-corrected chi connectivity index (χ4v) is 1.70. The minimum absolute atomic E-state index is 0.152. The smallest absolute Gasteiger partial charge is 0.358 e. The number of aliphatic hydroxyl groups excluding tert-OH is 1. The fraction of sp³-hybridized carbons (Fsp3) is 0.333. The molecule has 0 saturated heterocycles. The van der Waals surface area contributed by atoms with Crippen molar-refractivity contribution in [2.75, 3.05) is 0 Å². The number of aromatic nitrogens is 4. The molecule has 100 valence electrons. The summed E-state index contributed by atoms with van der Waals surface area (Å²) in [7, 11) is 0. The topological polar surface area (TPSA) is 101 Å². The Morgan fingerprint density at radius 3 is 2.68 bits per heavy atom. The standard InChI is InChI=1S/C12H14N4O3/c1-7(8(2)17)16-11(9-4-3-5-13-6-9)10(12(18)19)14-15-16/h3-8,17H,1-2H3,(H,18,19). The molecule has 0 radical (unpaired) electrons. The van der Waals surface area contributed by atoms with Gasteiger partial charge in [-0.1, -0.05) is 5.21 Å². The van der Waals surface area contributed by atoms with Crippen molar-refractivity contribution in [3.8, 4) is 11.3 Å². The van der Waals surface area contributed by atoms with Crippen molar-refractivity contribution in [2.24, 2.45) is 0 Å². The van der Waals surface area contributed by atoms with Crippen LogP contribution in [0.3, 0.4) is 0 Å². The Morgan fingerprint density at radius 1 is 1.42 bits per heavy atom. The summed E-state index contributed by atoms with van der Waals surface area (Å²) >= 11 is 0. The van der Waals surface area contributed by atoms with E-state index in [1.54, 1.807) is 32.2 Å². The number of carbonyl (C=O) groups is 1. The van der Waals surface area contributed by atoms with Crippen LogP contribution in [-0.4, -0.2) is 42.3 Å². The zero-order chi connectivity index (χ0) is 14.0. The number of aliphatic hydroxyl groups is 1. The third-order valence-corrected chi connectivity index (χ3v) is 2.92. The second kappa shape index (κ2) is 5.15. The summed E-state index contributed by atoms with van der Waals surface area (Å²) < 4.78 is 1.41. The quantitative estimate of drug-likeness (QED) is 0.851. The summed E-state index contributed by atoms with van der Waals surface area (Å²) in [5, 5.41) is 26.3. The zero-order valence-electron chi connectivity index (χ0n) is 10.6. The largest absolute Gasteiger partial charge is 0.476 e. The Labute approximate surface area is 109 Å². The summed E-state index contributed by atoms with van der Waals surface area (Å²) in [6, 6.07) is 3.03. The molecule has 0 spiro atoms. The van der Waals surface area contributed by atoms with Gasteiger partial charge in [-0.3, -0.25) is 4.98 Å². The van der Waals surface area contributed by atoms with E-state index in [1.807, 2.05) is 0 Å². The summed E-state index contributed by atoms with van der Waals surface area (Å²) in [4.78, 5) is 15.2. The molecule has 0 fully saturated rings. The molecule has 2 rings (SSSR count). The van der Waals surface area contributed by atoms with E-state index in [1.165, 1.54) is 10.9 Å². The lowest BCUT2D eigenvalue weighted by molar-refractivity contribution is 0.0691. The van der Waals surface area contributed by atoms with Gasteiger partial charge in [-0.15, -0.1) is 5.10 Å². The average molecular weight is 262 g/mol. The normalized spacial score (nSPS) is 14.1. The molecule has 2 aromatic heterocycles. The first-order valence-corrected chi connectivity index (χ1v) is 5.79. The van der Waals surface area contributed by atoms with Crippen molar-refractivity contribution in [3.63, 3.8) is 0 Å². The molecule has 0 aromatic carbocycles. The zero-order valence-corrected chi connectivity index (χ0v) is 10.6. The summed E-state index contributed by atoms with van der Waals surface area (Å²) in [6.45, 7) is 3.35. The van der Waals surface area contributed by atoms with Crippen LogP contribution in [0.15, 0.2) is 24.5 Å². The van der Waals surface area contributed by atoms with Gasteiger partial charge in [-0.2, -0.15) is 0 Å². The molecule has 0 aliphatic heterocycles. The molecule has 0 saturated carbocycles. The van der Waals surface area contributed by atoms with Crippen molar-refractivity contribution in [2.45, 2.75) is 26.0 Å². The monoisotopic (exact) mass is 262 g/mol. The number of rotatable bonds is 4. The SMILES string of the molecule is CC(O)C(C)n1nnc(C(=O)O)c1-c1cccnc1. The molecule has 2 unspecified atom stereocenters. The molecule has 2 aromatic rings. The molecular formula is C12H14N4O3. The molecule has 0 aliphatic carbocycles. The highest BCUT2D eigenvalue weighted by Crippen LogP contribution is 2.25. The maximum Gasteiger partial charge on any atom is 0.358 e. The van der Waals surface area contributed by atoms with Crippen LogP contribution in [0.25, 0.3) is 11.3 Å². The van der Waals surface area contributed by atoms with Gasteiger partial charge in [-0.25, -0.2) is 9.48 Å². The predicted octanol–water partition coefficient (Wildman–Crippen LogP) is 0.980. The molecule has 7 nitrogen and oxygen atoms in total. The number of carboxylic acids is 1. The minimum Gasteiger partial charge on any atom is -0.476 e. The van der Waals surface area contributed by atoms with Crippen LogP contribution in [-0.2, 0) is 0 Å². The molecule has 2 atom stereocenters. The maximum atomic E-state index is 11.2. The van der Waals surface area contributed by atoms with E-state index in [-0.39, 0.29) is 5.69 Å². The van der Waals surface area contributed by atoms with Gasteiger partial charge >= 0.3 is 5.97 Å². The van der Waals surface area contributed by atoms with Gasteiger partial charge in [0.15, 0.2) is 5.69 Å². The van der Waals surface area contributed by atoms with Gasteiger partial charge in [0.2, 0.25) is 0 Å². The van der Waals surface area contributed by atoms with Crippen LogP contribution in [0.2, 0.25) is 0 Å². The lowest BCUT2D eigenvalue weighted by Gasteiger charge is -2.17. The van der Waals surface area contributed by atoms with Crippen molar-refractivity contribution in [1.82, 2.24) is 20.0 Å². The van der Waals surface area contributed by atoms with Gasteiger partial charge in [0.25, 0.3) is 0 Å². The number of pyridine rings is 1. The number of carboxylic acid groups (broad SMARTS) is 1. The molecule has 7 heteroatoms. The molecule has 2 heterocycles. The van der Waals surface area contributed by atoms with E-state index < -0.39 is 18.1 Å². The van der Waals surface area contributed by atoms with E-state index in [0.717, 1.165) is 0 Å².